The number of nitrogens with one attached hydrogen (secondary N) is 1. The number of hydrogen-bond acceptors (Lipinski definition) is 4. The Morgan fingerprint density at radius 3 is 3.13 bits per heavy atom. The van der Waals surface area contributed by atoms with Gasteiger partial charge in [-0.1, -0.05) is 0 Å². The van der Waals surface area contributed by atoms with Crippen LogP contribution in [-0.4, -0.2) is 61.8 Å². The zero-order valence-corrected chi connectivity index (χ0v) is 10.4. The number of nitrogens with zero attached hydrogens (tertiary/aromatic N) is 1. The molecule has 88 valence electrons. The Morgan fingerprint density at radius 2 is 2.47 bits per heavy atom. The van der Waals surface area contributed by atoms with Crippen molar-refractivity contribution in [3.05, 3.63) is 0 Å². The molecule has 0 aromatic rings. The van der Waals surface area contributed by atoms with E-state index in [0.717, 1.165) is 25.8 Å². The van der Waals surface area contributed by atoms with E-state index >= 15 is 0 Å². The Hall–Kier alpha value is 0.230. The molecule has 0 amide bonds. The summed E-state index contributed by atoms with van der Waals surface area (Å²) in [7, 11) is 2.26. The van der Waals surface area contributed by atoms with Gasteiger partial charge in [0.25, 0.3) is 0 Å². The summed E-state index contributed by atoms with van der Waals surface area (Å²) >= 11 is 2.09. The summed E-state index contributed by atoms with van der Waals surface area (Å²) in [6.45, 7) is 4.00. The van der Waals surface area contributed by atoms with Gasteiger partial charge in [-0.25, -0.2) is 0 Å². The lowest BCUT2D eigenvalue weighted by Crippen LogP contribution is -2.44. The highest BCUT2D eigenvalue weighted by atomic mass is 32.2. The molecule has 0 aromatic heterocycles. The Kier molecular flexibility index (Phi) is 4.75. The smallest absolute Gasteiger partial charge is 0.0620 e. The Morgan fingerprint density at radius 1 is 1.53 bits per heavy atom. The molecule has 15 heavy (non-hydrogen) atoms. The average Bonchev–Trinajstić information content (AvgIpc) is 2.81. The van der Waals surface area contributed by atoms with Gasteiger partial charge in [0.05, 0.1) is 13.2 Å². The highest BCUT2D eigenvalue weighted by Crippen LogP contribution is 2.21. The summed E-state index contributed by atoms with van der Waals surface area (Å²) in [6.07, 6.45) is 2.59. The Labute approximate surface area is 96.9 Å². The lowest BCUT2D eigenvalue weighted by molar-refractivity contribution is 0.0697. The summed E-state index contributed by atoms with van der Waals surface area (Å²) in [5, 5.41) is 3.51. The number of rotatable bonds is 4. The van der Waals surface area contributed by atoms with Crippen LogP contribution in [-0.2, 0) is 4.74 Å². The van der Waals surface area contributed by atoms with Crippen molar-refractivity contribution in [1.29, 1.82) is 0 Å². The lowest BCUT2D eigenvalue weighted by Gasteiger charge is -2.28. The van der Waals surface area contributed by atoms with Crippen LogP contribution >= 0.6 is 11.8 Å². The summed E-state index contributed by atoms with van der Waals surface area (Å²) in [5.41, 5.74) is 0. The van der Waals surface area contributed by atoms with Gasteiger partial charge in [0, 0.05) is 24.4 Å². The van der Waals surface area contributed by atoms with E-state index in [1.165, 1.54) is 30.9 Å². The van der Waals surface area contributed by atoms with Crippen molar-refractivity contribution in [3.63, 3.8) is 0 Å². The molecule has 0 bridgehead atoms. The van der Waals surface area contributed by atoms with Crippen molar-refractivity contribution in [2.75, 3.05) is 44.9 Å². The monoisotopic (exact) mass is 230 g/mol. The fraction of sp³-hybridized carbons (Fsp3) is 1.00. The molecule has 3 nitrogen and oxygen atoms in total. The molecule has 0 spiro atoms. The minimum Gasteiger partial charge on any atom is -0.379 e. The first-order valence-electron chi connectivity index (χ1n) is 5.95. The third-order valence-corrected chi connectivity index (χ3v) is 4.50. The SMILES string of the molecule is CN(CCC1COCCN1)C1CCSC1. The first kappa shape index (κ1) is 11.7. The van der Waals surface area contributed by atoms with Gasteiger partial charge >= 0.3 is 0 Å². The largest absolute Gasteiger partial charge is 0.379 e. The Balaban J connectivity index is 1.63. The summed E-state index contributed by atoms with van der Waals surface area (Å²) in [4.78, 5) is 2.52. The van der Waals surface area contributed by atoms with E-state index in [-0.39, 0.29) is 0 Å². The lowest BCUT2D eigenvalue weighted by atomic mass is 10.1. The van der Waals surface area contributed by atoms with Gasteiger partial charge in [0.2, 0.25) is 0 Å². The minimum atomic E-state index is 0.579. The van der Waals surface area contributed by atoms with Crippen LogP contribution in [0.15, 0.2) is 0 Å². The molecule has 2 atom stereocenters. The van der Waals surface area contributed by atoms with Gasteiger partial charge in [-0.3, -0.25) is 0 Å². The van der Waals surface area contributed by atoms with Crippen molar-refractivity contribution in [3.8, 4) is 0 Å². The van der Waals surface area contributed by atoms with Gasteiger partial charge in [0.1, 0.15) is 0 Å². The fourth-order valence-electron chi connectivity index (χ4n) is 2.22. The van der Waals surface area contributed by atoms with Gasteiger partial charge < -0.3 is 15.0 Å². The fourth-order valence-corrected chi connectivity index (χ4v) is 3.52. The van der Waals surface area contributed by atoms with Crippen molar-refractivity contribution in [1.82, 2.24) is 10.2 Å². The van der Waals surface area contributed by atoms with E-state index in [1.807, 2.05) is 0 Å². The van der Waals surface area contributed by atoms with Crippen LogP contribution in [0.5, 0.6) is 0 Å². The predicted molar refractivity (Wildman–Crippen MR) is 65.6 cm³/mol. The first-order valence-corrected chi connectivity index (χ1v) is 7.11. The minimum absolute atomic E-state index is 0.579. The molecule has 2 saturated heterocycles. The zero-order chi connectivity index (χ0) is 10.5. The van der Waals surface area contributed by atoms with Crippen molar-refractivity contribution in [2.24, 2.45) is 0 Å². The topological polar surface area (TPSA) is 24.5 Å². The van der Waals surface area contributed by atoms with Crippen molar-refractivity contribution < 1.29 is 4.74 Å². The highest BCUT2D eigenvalue weighted by Gasteiger charge is 2.21. The van der Waals surface area contributed by atoms with Crippen LogP contribution < -0.4 is 5.32 Å². The van der Waals surface area contributed by atoms with Gasteiger partial charge in [-0.05, 0) is 32.2 Å². The second-order valence-corrected chi connectivity index (χ2v) is 5.66. The van der Waals surface area contributed by atoms with Crippen LogP contribution in [0.2, 0.25) is 0 Å². The molecule has 2 heterocycles. The standard InChI is InChI=1S/C11H22N2OS/c1-13(11-3-7-15-9-11)5-2-10-8-14-6-4-12-10/h10-12H,2-9H2,1H3. The maximum absolute atomic E-state index is 5.45. The molecule has 0 aliphatic carbocycles. The Bertz CT molecular complexity index is 179. The number of ether oxygens (including phenoxy) is 1. The molecule has 2 rings (SSSR count). The van der Waals surface area contributed by atoms with Crippen LogP contribution in [0.4, 0.5) is 0 Å². The number of thioether (sulfide) groups is 1. The van der Waals surface area contributed by atoms with Crippen molar-refractivity contribution >= 4 is 11.8 Å². The van der Waals surface area contributed by atoms with Gasteiger partial charge in [-0.2, -0.15) is 11.8 Å². The van der Waals surface area contributed by atoms with Gasteiger partial charge in [0.15, 0.2) is 0 Å². The molecule has 0 aromatic carbocycles. The van der Waals surface area contributed by atoms with E-state index in [0.29, 0.717) is 6.04 Å². The summed E-state index contributed by atoms with van der Waals surface area (Å²) < 4.78 is 5.45. The van der Waals surface area contributed by atoms with E-state index in [2.05, 4.69) is 29.0 Å². The second kappa shape index (κ2) is 6.09. The maximum atomic E-state index is 5.45. The summed E-state index contributed by atoms with van der Waals surface area (Å²) in [6, 6.07) is 1.40. The number of hydrogen-bond donors (Lipinski definition) is 1. The summed E-state index contributed by atoms with van der Waals surface area (Å²) in [5.74, 6) is 2.67. The second-order valence-electron chi connectivity index (χ2n) is 4.51. The van der Waals surface area contributed by atoms with E-state index in [1.54, 1.807) is 0 Å². The van der Waals surface area contributed by atoms with E-state index < -0.39 is 0 Å². The van der Waals surface area contributed by atoms with E-state index in [4.69, 9.17) is 4.74 Å². The first-order chi connectivity index (χ1) is 7.36. The highest BCUT2D eigenvalue weighted by molar-refractivity contribution is 7.99. The van der Waals surface area contributed by atoms with Crippen LogP contribution in [0, 0.1) is 0 Å². The van der Waals surface area contributed by atoms with E-state index in [9.17, 15) is 0 Å². The molecule has 2 aliphatic rings. The number of morpholine rings is 1. The quantitative estimate of drug-likeness (QED) is 0.772. The third-order valence-electron chi connectivity index (χ3n) is 3.36. The molecule has 2 unspecified atom stereocenters. The van der Waals surface area contributed by atoms with Gasteiger partial charge in [-0.15, -0.1) is 0 Å². The maximum Gasteiger partial charge on any atom is 0.0620 e. The molecule has 2 fully saturated rings. The molecule has 0 radical (unpaired) electrons. The molecular weight excluding hydrogens is 208 g/mol. The average molecular weight is 230 g/mol. The molecular formula is C11H22N2OS. The molecule has 1 N–H and O–H groups in total. The van der Waals surface area contributed by atoms with Crippen LogP contribution in [0.1, 0.15) is 12.8 Å². The zero-order valence-electron chi connectivity index (χ0n) is 9.58. The molecule has 4 heteroatoms. The molecule has 0 saturated carbocycles. The van der Waals surface area contributed by atoms with Crippen LogP contribution in [0.25, 0.3) is 0 Å². The third kappa shape index (κ3) is 3.63. The van der Waals surface area contributed by atoms with Crippen LogP contribution in [0.3, 0.4) is 0 Å². The predicted octanol–water partition coefficient (Wildman–Crippen LogP) is 0.802. The normalized spacial score (nSPS) is 32.4. The molecule has 2 aliphatic heterocycles. The van der Waals surface area contributed by atoms with Crippen molar-refractivity contribution in [2.45, 2.75) is 24.9 Å².